The summed E-state index contributed by atoms with van der Waals surface area (Å²) in [6, 6.07) is 0. The molecule has 0 unspecified atom stereocenters. The number of hydrogen-bond donors (Lipinski definition) is 3. The first kappa shape index (κ1) is 5.03. The molecule has 0 heterocycles. The first-order valence-corrected chi connectivity index (χ1v) is 2.31. The average Bonchev–Trinajstić information content (AvgIpc) is 1.81. The highest BCUT2D eigenvalue weighted by molar-refractivity contribution is 4.39. The molecule has 0 saturated carbocycles. The highest BCUT2D eigenvalue weighted by atomic mass is 16.3. The first-order chi connectivity index (χ1) is 3.91. The van der Waals surface area contributed by atoms with Gasteiger partial charge in [-0.15, -0.1) is 0 Å². The van der Waals surface area contributed by atoms with Gasteiger partial charge in [0, 0.05) is 13.1 Å². The van der Waals surface area contributed by atoms with E-state index in [0.29, 0.717) is 19.7 Å². The molecule has 0 radical (unpaired) electrons. The molecule has 0 bridgehead atoms. The van der Waals surface area contributed by atoms with Gasteiger partial charge in [0.05, 0.1) is 13.2 Å². The van der Waals surface area contributed by atoms with Gasteiger partial charge in [0.25, 0.3) is 0 Å². The van der Waals surface area contributed by atoms with Crippen molar-refractivity contribution in [1.82, 2.24) is 5.32 Å². The minimum absolute atomic E-state index is 0.137. The molecule has 0 aromatic heterocycles. The summed E-state index contributed by atoms with van der Waals surface area (Å²) in [6.45, 7) is 1.71. The third-order valence-corrected chi connectivity index (χ3v) is 0.567. The van der Waals surface area contributed by atoms with Gasteiger partial charge in [-0.2, -0.15) is 0 Å². The molecule has 7 heavy (non-hydrogen) atoms. The Morgan fingerprint density at radius 2 is 2.14 bits per heavy atom. The molecule has 0 atom stereocenters. The van der Waals surface area contributed by atoms with Gasteiger partial charge < -0.3 is 15.5 Å². The molecule has 0 fully saturated rings. The zero-order chi connectivity index (χ0) is 6.24. The van der Waals surface area contributed by atoms with E-state index in [2.05, 4.69) is 10.4 Å². The number of hydrogen-bond acceptors (Lipinski definition) is 3. The Morgan fingerprint density at radius 3 is 2.71 bits per heavy atom. The number of aliphatic hydroxyl groups excluding tert-OH is 2. The fraction of sp³-hybridized carbons (Fsp3) is 1.00. The van der Waals surface area contributed by atoms with Gasteiger partial charge in [0.1, 0.15) is 0 Å². The van der Waals surface area contributed by atoms with Crippen LogP contribution in [-0.2, 0) is 0 Å². The van der Waals surface area contributed by atoms with E-state index >= 15 is 0 Å². The smallest absolute Gasteiger partial charge is 0.210 e. The van der Waals surface area contributed by atoms with Crippen LogP contribution in [0.3, 0.4) is 0 Å². The highest BCUT2D eigenvalue weighted by Gasteiger charge is 1.78. The van der Waals surface area contributed by atoms with Crippen LogP contribution >= 0.6 is 0 Å². The van der Waals surface area contributed by atoms with Crippen molar-refractivity contribution < 1.29 is 10.2 Å². The Balaban J connectivity index is 2.53. The van der Waals surface area contributed by atoms with E-state index in [1.54, 1.807) is 0 Å². The summed E-state index contributed by atoms with van der Waals surface area (Å²) in [7, 11) is 0. The van der Waals surface area contributed by atoms with Crippen molar-refractivity contribution in [3.8, 4) is 0 Å². The zero-order valence-electron chi connectivity index (χ0n) is 5.18. The van der Waals surface area contributed by atoms with Gasteiger partial charge in [-0.25, -0.2) is 0 Å². The van der Waals surface area contributed by atoms with Crippen LogP contribution in [0.4, 0.5) is 0 Å². The van der Waals surface area contributed by atoms with Crippen molar-refractivity contribution in [2.75, 3.05) is 26.3 Å². The van der Waals surface area contributed by atoms with Gasteiger partial charge in [-0.05, 0) is 0 Å². The van der Waals surface area contributed by atoms with Gasteiger partial charge in [-0.1, -0.05) is 0 Å². The van der Waals surface area contributed by atoms with Crippen molar-refractivity contribution in [1.29, 1.82) is 1.43 Å². The van der Waals surface area contributed by atoms with E-state index < -0.39 is 0 Å². The fourth-order valence-corrected chi connectivity index (χ4v) is 0.276. The molecule has 44 valence electrons. The molecule has 0 aromatic rings. The van der Waals surface area contributed by atoms with E-state index in [9.17, 15) is 0 Å². The number of aliphatic hydroxyl groups is 2. The molecule has 3 heteroatoms. The van der Waals surface area contributed by atoms with Crippen molar-refractivity contribution in [3.63, 3.8) is 0 Å². The summed E-state index contributed by atoms with van der Waals surface area (Å²) in [6.07, 6.45) is 0. The third kappa shape index (κ3) is 5.88. The Morgan fingerprint density at radius 1 is 1.43 bits per heavy atom. The van der Waals surface area contributed by atoms with Gasteiger partial charge in [0.15, 0.2) is 0 Å². The largest absolute Gasteiger partial charge is 0.395 e. The normalized spacial score (nSPS) is 11.3. The topological polar surface area (TPSA) is 52.5 Å². The minimum atomic E-state index is 0.137. The Kier molecular flexibility index (Phi) is 4.22. The predicted molar refractivity (Wildman–Crippen MR) is 27.0 cm³/mol. The van der Waals surface area contributed by atoms with Gasteiger partial charge >= 0.3 is 0 Å². The van der Waals surface area contributed by atoms with Crippen molar-refractivity contribution in [2.45, 2.75) is 0 Å². The lowest BCUT2D eigenvalue weighted by molar-refractivity contribution is 0.267. The van der Waals surface area contributed by atoms with Crippen LogP contribution < -0.4 is 5.32 Å². The molecule has 3 N–H and O–H groups in total. The second-order valence-electron chi connectivity index (χ2n) is 1.18. The quantitative estimate of drug-likeness (QED) is 0.376. The second kappa shape index (κ2) is 5.88. The van der Waals surface area contributed by atoms with Gasteiger partial charge in [-0.3, -0.25) is 0 Å². The van der Waals surface area contributed by atoms with Crippen LogP contribution in [0.2, 0.25) is 0 Å². The van der Waals surface area contributed by atoms with Crippen LogP contribution in [0, 0.1) is 0 Å². The molecular formula is C4H11NO2. The maximum absolute atomic E-state index is 8.22. The molecular weight excluding hydrogens is 94.0 g/mol. The minimum Gasteiger partial charge on any atom is -0.395 e. The maximum Gasteiger partial charge on any atom is 0.210 e. The van der Waals surface area contributed by atoms with E-state index in [0.717, 1.165) is 0 Å². The number of nitrogens with one attached hydrogen (secondary N) is 1. The van der Waals surface area contributed by atoms with Crippen molar-refractivity contribution >= 4 is 0 Å². The average molecular weight is 106 g/mol. The molecule has 0 spiro atoms. The SMILES string of the molecule is [2H]OCCNCCO. The summed E-state index contributed by atoms with van der Waals surface area (Å²) in [5.74, 6) is 0. The lowest BCUT2D eigenvalue weighted by atomic mass is 10.6. The highest BCUT2D eigenvalue weighted by Crippen LogP contribution is 1.54. The molecule has 0 aromatic carbocycles. The van der Waals surface area contributed by atoms with E-state index in [1.807, 2.05) is 0 Å². The van der Waals surface area contributed by atoms with Crippen LogP contribution in [0.1, 0.15) is 0 Å². The van der Waals surface area contributed by atoms with Crippen molar-refractivity contribution in [3.05, 3.63) is 0 Å². The summed E-state index contributed by atoms with van der Waals surface area (Å²) in [4.78, 5) is 0. The fourth-order valence-electron chi connectivity index (χ4n) is 0.276. The summed E-state index contributed by atoms with van der Waals surface area (Å²) < 4.78 is 6.24. The Bertz CT molecular complexity index is 39.0. The molecule has 0 aliphatic rings. The number of rotatable bonds is 5. The lowest BCUT2D eigenvalue weighted by Gasteiger charge is -1.94. The van der Waals surface area contributed by atoms with Crippen LogP contribution in [0.15, 0.2) is 0 Å². The monoisotopic (exact) mass is 106 g/mol. The Hall–Kier alpha value is -0.120. The van der Waals surface area contributed by atoms with Gasteiger partial charge in [0.2, 0.25) is 1.43 Å². The molecule has 0 rings (SSSR count). The standard InChI is InChI=1S/C4H11NO2/c6-3-1-5-2-4-7/h5-7H,1-4H2/i6D. The predicted octanol–water partition coefficient (Wildman–Crippen LogP) is -1.44. The second-order valence-corrected chi connectivity index (χ2v) is 1.18. The van der Waals surface area contributed by atoms with E-state index in [4.69, 9.17) is 6.54 Å². The maximum atomic E-state index is 8.22. The van der Waals surface area contributed by atoms with Crippen LogP contribution in [-0.4, -0.2) is 37.9 Å². The molecule has 0 amide bonds. The van der Waals surface area contributed by atoms with E-state index in [1.165, 1.54) is 0 Å². The molecule has 0 aliphatic carbocycles. The molecule has 0 saturated heterocycles. The zero-order valence-corrected chi connectivity index (χ0v) is 4.18. The third-order valence-electron chi connectivity index (χ3n) is 0.567. The molecule has 3 nitrogen and oxygen atoms in total. The lowest BCUT2D eigenvalue weighted by Crippen LogP contribution is -2.21. The van der Waals surface area contributed by atoms with Crippen molar-refractivity contribution in [2.24, 2.45) is 0 Å². The van der Waals surface area contributed by atoms with E-state index in [-0.39, 0.29) is 6.61 Å². The first-order valence-electron chi connectivity index (χ1n) is 2.72. The summed E-state index contributed by atoms with van der Waals surface area (Å²) >= 11 is 0. The van der Waals surface area contributed by atoms with Crippen LogP contribution in [0.25, 0.3) is 0 Å². The summed E-state index contributed by atoms with van der Waals surface area (Å²) in [5, 5.41) is 15.1. The Labute approximate surface area is 44.5 Å². The molecule has 0 aliphatic heterocycles. The summed E-state index contributed by atoms with van der Waals surface area (Å²) in [5.41, 5.74) is 0. The van der Waals surface area contributed by atoms with Crippen LogP contribution in [0.5, 0.6) is 0 Å².